The van der Waals surface area contributed by atoms with Gasteiger partial charge in [-0.25, -0.2) is 8.42 Å². The quantitative estimate of drug-likeness (QED) is 0.613. The van der Waals surface area contributed by atoms with Crippen LogP contribution in [0.5, 0.6) is 5.75 Å². The molecule has 32 heavy (non-hydrogen) atoms. The Balaban J connectivity index is 1.56. The molecule has 3 rings (SSSR count). The maximum atomic E-state index is 13.0. The number of rotatable bonds is 8. The molecular weight excluding hydrogens is 432 g/mol. The van der Waals surface area contributed by atoms with Crippen molar-refractivity contribution in [2.24, 2.45) is 5.92 Å². The van der Waals surface area contributed by atoms with Crippen LogP contribution >= 0.6 is 0 Å². The second-order valence-electron chi connectivity index (χ2n) is 7.65. The number of carbonyl (C=O) groups is 2. The third-order valence-electron chi connectivity index (χ3n) is 5.37. The smallest absolute Gasteiger partial charge is 0.243 e. The Morgan fingerprint density at radius 3 is 2.62 bits per heavy atom. The number of nitrogens with zero attached hydrogens (tertiary/aromatic N) is 2. The summed E-state index contributed by atoms with van der Waals surface area (Å²) in [6.45, 7) is 2.28. The number of pyridine rings is 1. The van der Waals surface area contributed by atoms with Crippen LogP contribution in [0.15, 0.2) is 53.6 Å². The molecule has 172 valence electrons. The van der Waals surface area contributed by atoms with E-state index in [9.17, 15) is 18.0 Å². The molecule has 2 amide bonds. The molecule has 10 heteroatoms. The van der Waals surface area contributed by atoms with Crippen molar-refractivity contribution in [2.45, 2.75) is 37.2 Å². The van der Waals surface area contributed by atoms with Gasteiger partial charge in [-0.05, 0) is 56.2 Å². The Morgan fingerprint density at radius 1 is 1.22 bits per heavy atom. The molecule has 2 aromatic rings. The lowest BCUT2D eigenvalue weighted by Crippen LogP contribution is -2.50. The molecule has 1 fully saturated rings. The highest BCUT2D eigenvalue weighted by molar-refractivity contribution is 7.89. The number of amides is 2. The first-order chi connectivity index (χ1) is 15.3. The normalized spacial score (nSPS) is 17.9. The number of ether oxygens (including phenoxy) is 1. The maximum Gasteiger partial charge on any atom is 0.243 e. The van der Waals surface area contributed by atoms with Crippen molar-refractivity contribution in [2.75, 3.05) is 20.2 Å². The zero-order chi connectivity index (χ0) is 23.1. The predicted octanol–water partition coefficient (Wildman–Crippen LogP) is 1.31. The summed E-state index contributed by atoms with van der Waals surface area (Å²) < 4.78 is 32.4. The van der Waals surface area contributed by atoms with Gasteiger partial charge in [0.05, 0.1) is 30.2 Å². The Morgan fingerprint density at radius 2 is 1.97 bits per heavy atom. The number of nitrogens with one attached hydrogen (secondary N) is 2. The molecule has 9 nitrogen and oxygen atoms in total. The van der Waals surface area contributed by atoms with Gasteiger partial charge in [0, 0.05) is 19.3 Å². The van der Waals surface area contributed by atoms with E-state index in [2.05, 4.69) is 15.6 Å². The van der Waals surface area contributed by atoms with Gasteiger partial charge >= 0.3 is 0 Å². The van der Waals surface area contributed by atoms with Gasteiger partial charge in [-0.1, -0.05) is 6.07 Å². The highest BCUT2D eigenvalue weighted by Crippen LogP contribution is 2.25. The third kappa shape index (κ3) is 5.83. The molecule has 1 saturated heterocycles. The van der Waals surface area contributed by atoms with Crippen LogP contribution in [0.2, 0.25) is 0 Å². The van der Waals surface area contributed by atoms with Crippen LogP contribution in [0.4, 0.5) is 0 Å². The van der Waals surface area contributed by atoms with E-state index in [4.69, 9.17) is 4.74 Å². The first-order valence-corrected chi connectivity index (χ1v) is 11.9. The lowest BCUT2D eigenvalue weighted by Gasteiger charge is -2.31. The predicted molar refractivity (Wildman–Crippen MR) is 118 cm³/mol. The Kier molecular flexibility index (Phi) is 7.81. The van der Waals surface area contributed by atoms with Gasteiger partial charge in [-0.15, -0.1) is 0 Å². The number of carbonyl (C=O) groups excluding carboxylic acids is 2. The summed E-state index contributed by atoms with van der Waals surface area (Å²) in [5.41, 5.74) is 0.714. The summed E-state index contributed by atoms with van der Waals surface area (Å²) in [5.74, 6) is -0.624. The monoisotopic (exact) mass is 460 g/mol. The minimum absolute atomic E-state index is 0.0719. The summed E-state index contributed by atoms with van der Waals surface area (Å²) in [5, 5.41) is 5.44. The van der Waals surface area contributed by atoms with Crippen LogP contribution < -0.4 is 15.4 Å². The van der Waals surface area contributed by atoms with Crippen molar-refractivity contribution in [1.82, 2.24) is 19.9 Å². The molecule has 1 aromatic heterocycles. The van der Waals surface area contributed by atoms with E-state index >= 15 is 0 Å². The molecule has 1 aliphatic rings. The van der Waals surface area contributed by atoms with Gasteiger partial charge < -0.3 is 15.4 Å². The van der Waals surface area contributed by atoms with Crippen LogP contribution in [0.25, 0.3) is 0 Å². The summed E-state index contributed by atoms with van der Waals surface area (Å²) in [7, 11) is -2.21. The number of sulfonamides is 1. The first kappa shape index (κ1) is 23.7. The second kappa shape index (κ2) is 10.6. The molecule has 2 atom stereocenters. The minimum Gasteiger partial charge on any atom is -0.497 e. The van der Waals surface area contributed by atoms with Crippen LogP contribution in [0, 0.1) is 5.92 Å². The maximum absolute atomic E-state index is 13.0. The molecule has 0 aliphatic carbocycles. The van der Waals surface area contributed by atoms with E-state index in [1.807, 2.05) is 6.07 Å². The molecule has 0 bridgehead atoms. The molecule has 1 aromatic carbocycles. The topological polar surface area (TPSA) is 118 Å². The minimum atomic E-state index is -3.73. The molecule has 0 radical (unpaired) electrons. The highest BCUT2D eigenvalue weighted by Gasteiger charge is 2.34. The summed E-state index contributed by atoms with van der Waals surface area (Å²) >= 11 is 0. The molecule has 2 N–H and O–H groups in total. The lowest BCUT2D eigenvalue weighted by atomic mass is 9.98. The van der Waals surface area contributed by atoms with Gasteiger partial charge in [-0.2, -0.15) is 4.31 Å². The third-order valence-corrected chi connectivity index (χ3v) is 7.25. The Labute approximate surface area is 188 Å². The van der Waals surface area contributed by atoms with E-state index in [1.165, 1.54) is 23.5 Å². The fourth-order valence-electron chi connectivity index (χ4n) is 3.50. The molecule has 0 saturated carbocycles. The fourth-order valence-corrected chi connectivity index (χ4v) is 5.03. The molecule has 1 aliphatic heterocycles. The van der Waals surface area contributed by atoms with Crippen molar-refractivity contribution in [1.29, 1.82) is 0 Å². The van der Waals surface area contributed by atoms with Crippen LogP contribution in [-0.2, 0) is 26.2 Å². The number of aromatic nitrogens is 1. The fraction of sp³-hybridized carbons (Fsp3) is 0.409. The average molecular weight is 461 g/mol. The number of hydrogen-bond acceptors (Lipinski definition) is 6. The number of piperidine rings is 1. The molecule has 0 unspecified atom stereocenters. The van der Waals surface area contributed by atoms with Crippen LogP contribution in [0.3, 0.4) is 0 Å². The number of benzene rings is 1. The van der Waals surface area contributed by atoms with E-state index in [0.717, 1.165) is 0 Å². The molecule has 0 spiro atoms. The zero-order valence-corrected chi connectivity index (χ0v) is 19.0. The number of methoxy groups -OCH3 is 1. The van der Waals surface area contributed by atoms with Gasteiger partial charge in [0.25, 0.3) is 0 Å². The summed E-state index contributed by atoms with van der Waals surface area (Å²) in [4.78, 5) is 29.4. The lowest BCUT2D eigenvalue weighted by molar-refractivity contribution is -0.131. The highest BCUT2D eigenvalue weighted by atomic mass is 32.2. The van der Waals surface area contributed by atoms with Gasteiger partial charge in [-0.3, -0.25) is 14.6 Å². The number of hydrogen-bond donors (Lipinski definition) is 2. The van der Waals surface area contributed by atoms with E-state index in [1.54, 1.807) is 37.4 Å². The van der Waals surface area contributed by atoms with Crippen molar-refractivity contribution < 1.29 is 22.7 Å². The average Bonchev–Trinajstić information content (AvgIpc) is 2.83. The summed E-state index contributed by atoms with van der Waals surface area (Å²) in [6.07, 6.45) is 2.76. The first-order valence-electron chi connectivity index (χ1n) is 10.4. The zero-order valence-electron chi connectivity index (χ0n) is 18.2. The van der Waals surface area contributed by atoms with Gasteiger partial charge in [0.1, 0.15) is 11.8 Å². The standard InChI is InChI=1S/C22H28N4O5S/c1-16(21(27)24-14-18-7-3-4-12-23-18)25-22(28)17-6-5-13-26(15-17)32(29,30)20-10-8-19(31-2)9-11-20/h3-4,7-12,16-17H,5-6,13-15H2,1-2H3,(H,24,27)(H,25,28)/t16-,17+/m1/s1. The van der Waals surface area contributed by atoms with Crippen LogP contribution in [-0.4, -0.2) is 55.8 Å². The van der Waals surface area contributed by atoms with Crippen LogP contribution in [0.1, 0.15) is 25.5 Å². The Bertz CT molecular complexity index is 1030. The largest absolute Gasteiger partial charge is 0.497 e. The van der Waals surface area contributed by atoms with Crippen molar-refractivity contribution >= 4 is 21.8 Å². The van der Waals surface area contributed by atoms with Crippen molar-refractivity contribution in [3.05, 3.63) is 54.4 Å². The molecule has 2 heterocycles. The SMILES string of the molecule is COc1ccc(S(=O)(=O)N2CCC[C@H](C(=O)N[C@H](C)C(=O)NCc3ccccn3)C2)cc1. The van der Waals surface area contributed by atoms with Gasteiger partial charge in [0.2, 0.25) is 21.8 Å². The van der Waals surface area contributed by atoms with E-state index in [0.29, 0.717) is 30.8 Å². The van der Waals surface area contributed by atoms with Crippen molar-refractivity contribution in [3.63, 3.8) is 0 Å². The van der Waals surface area contributed by atoms with Crippen molar-refractivity contribution in [3.8, 4) is 5.75 Å². The summed E-state index contributed by atoms with van der Waals surface area (Å²) in [6, 6.07) is 10.8. The Hall–Kier alpha value is -2.98. The molecular formula is C22H28N4O5S. The van der Waals surface area contributed by atoms with E-state index < -0.39 is 22.0 Å². The van der Waals surface area contributed by atoms with E-state index in [-0.39, 0.29) is 29.8 Å². The van der Waals surface area contributed by atoms with Gasteiger partial charge in [0.15, 0.2) is 0 Å². The second-order valence-corrected chi connectivity index (χ2v) is 9.58.